The van der Waals surface area contributed by atoms with E-state index in [9.17, 15) is 4.79 Å². The molecular formula is C13H24N4O. The topological polar surface area (TPSA) is 50.2 Å². The van der Waals surface area contributed by atoms with Gasteiger partial charge >= 0.3 is 0 Å². The lowest BCUT2D eigenvalue weighted by Crippen LogP contribution is -2.44. The molecule has 0 aliphatic heterocycles. The fourth-order valence-corrected chi connectivity index (χ4v) is 1.86. The van der Waals surface area contributed by atoms with Gasteiger partial charge in [-0.1, -0.05) is 13.8 Å². The third-order valence-corrected chi connectivity index (χ3v) is 2.90. The molecule has 1 N–H and O–H groups in total. The highest BCUT2D eigenvalue weighted by Crippen LogP contribution is 2.08. The monoisotopic (exact) mass is 252 g/mol. The lowest BCUT2D eigenvalue weighted by Gasteiger charge is -2.23. The molecule has 18 heavy (non-hydrogen) atoms. The molecule has 0 radical (unpaired) electrons. The first kappa shape index (κ1) is 14.7. The van der Waals surface area contributed by atoms with Crippen LogP contribution < -0.4 is 5.32 Å². The van der Waals surface area contributed by atoms with E-state index in [-0.39, 0.29) is 11.9 Å². The molecule has 1 aromatic heterocycles. The van der Waals surface area contributed by atoms with Crippen molar-refractivity contribution in [3.8, 4) is 0 Å². The fourth-order valence-electron chi connectivity index (χ4n) is 1.86. The molecule has 0 saturated carbocycles. The van der Waals surface area contributed by atoms with E-state index in [1.165, 1.54) is 0 Å². The van der Waals surface area contributed by atoms with Gasteiger partial charge in [0.15, 0.2) is 0 Å². The van der Waals surface area contributed by atoms with Gasteiger partial charge in [0.05, 0.1) is 11.7 Å². The highest BCUT2D eigenvalue weighted by atomic mass is 16.2. The van der Waals surface area contributed by atoms with E-state index in [0.29, 0.717) is 12.5 Å². The Kier molecular flexibility index (Phi) is 5.34. The highest BCUT2D eigenvalue weighted by molar-refractivity contribution is 5.81. The van der Waals surface area contributed by atoms with Gasteiger partial charge in [0.25, 0.3) is 0 Å². The Bertz CT molecular complexity index is 384. The maximum Gasteiger partial charge on any atom is 0.239 e. The largest absolute Gasteiger partial charge is 0.347 e. The van der Waals surface area contributed by atoms with E-state index >= 15 is 0 Å². The Morgan fingerprint density at radius 1 is 1.50 bits per heavy atom. The van der Waals surface area contributed by atoms with Crippen molar-refractivity contribution in [3.05, 3.63) is 18.0 Å². The molecule has 0 bridgehead atoms. The van der Waals surface area contributed by atoms with Crippen LogP contribution in [0.1, 0.15) is 26.0 Å². The zero-order chi connectivity index (χ0) is 13.7. The number of likely N-dealkylation sites (N-methyl/N-ethyl adjacent to an activating group) is 1. The molecule has 1 heterocycles. The van der Waals surface area contributed by atoms with Gasteiger partial charge in [-0.2, -0.15) is 5.10 Å². The fraction of sp³-hybridized carbons (Fsp3) is 0.692. The van der Waals surface area contributed by atoms with Gasteiger partial charge in [-0.05, 0) is 18.4 Å². The van der Waals surface area contributed by atoms with Crippen molar-refractivity contribution in [2.24, 2.45) is 13.0 Å². The Morgan fingerprint density at radius 2 is 2.17 bits per heavy atom. The number of hydrogen-bond donors (Lipinski definition) is 1. The Labute approximate surface area is 109 Å². The summed E-state index contributed by atoms with van der Waals surface area (Å²) in [5.41, 5.74) is 1.08. The SMILES string of the molecule is CC(C)CC(NCc1ccnn1C)C(=O)N(C)C. The van der Waals surface area contributed by atoms with E-state index in [1.54, 1.807) is 25.2 Å². The Balaban J connectivity index is 2.61. The maximum atomic E-state index is 12.1. The summed E-state index contributed by atoms with van der Waals surface area (Å²) in [6.45, 7) is 4.91. The number of rotatable bonds is 6. The predicted octanol–water partition coefficient (Wildman–Crippen LogP) is 1.01. The second kappa shape index (κ2) is 6.54. The van der Waals surface area contributed by atoms with Crippen LogP contribution in [0.3, 0.4) is 0 Å². The Hall–Kier alpha value is -1.36. The smallest absolute Gasteiger partial charge is 0.239 e. The molecule has 0 aliphatic rings. The minimum Gasteiger partial charge on any atom is -0.347 e. The first-order chi connectivity index (χ1) is 8.41. The van der Waals surface area contributed by atoms with Crippen molar-refractivity contribution in [2.75, 3.05) is 14.1 Å². The number of nitrogens with one attached hydrogen (secondary N) is 1. The van der Waals surface area contributed by atoms with E-state index in [4.69, 9.17) is 0 Å². The number of aromatic nitrogens is 2. The lowest BCUT2D eigenvalue weighted by molar-refractivity contribution is -0.131. The summed E-state index contributed by atoms with van der Waals surface area (Å²) in [5.74, 6) is 0.615. The van der Waals surface area contributed by atoms with Crippen LogP contribution >= 0.6 is 0 Å². The second-order valence-corrected chi connectivity index (χ2v) is 5.24. The number of nitrogens with zero attached hydrogens (tertiary/aromatic N) is 3. The molecule has 102 valence electrons. The van der Waals surface area contributed by atoms with Crippen molar-refractivity contribution in [1.82, 2.24) is 20.0 Å². The van der Waals surface area contributed by atoms with Crippen LogP contribution in [0.4, 0.5) is 0 Å². The molecule has 1 unspecified atom stereocenters. The summed E-state index contributed by atoms with van der Waals surface area (Å²) < 4.78 is 1.82. The zero-order valence-corrected chi connectivity index (χ0v) is 12.0. The number of aryl methyl sites for hydroxylation is 1. The van der Waals surface area contributed by atoms with Crippen LogP contribution in [0.15, 0.2) is 12.3 Å². The van der Waals surface area contributed by atoms with Crippen LogP contribution in [0.25, 0.3) is 0 Å². The summed E-state index contributed by atoms with van der Waals surface area (Å²) >= 11 is 0. The van der Waals surface area contributed by atoms with Crippen LogP contribution in [0, 0.1) is 5.92 Å². The standard InChI is InChI=1S/C13H24N4O/c1-10(2)8-12(13(18)16(3)4)14-9-11-6-7-15-17(11)5/h6-7,10,12,14H,8-9H2,1-5H3. The molecule has 5 heteroatoms. The van der Waals surface area contributed by atoms with Gasteiger partial charge in [-0.15, -0.1) is 0 Å². The molecule has 1 amide bonds. The van der Waals surface area contributed by atoms with Crippen molar-refractivity contribution < 1.29 is 4.79 Å². The van der Waals surface area contributed by atoms with Crippen LogP contribution in [0.2, 0.25) is 0 Å². The average molecular weight is 252 g/mol. The summed E-state index contributed by atoms with van der Waals surface area (Å²) in [6, 6.07) is 1.83. The summed E-state index contributed by atoms with van der Waals surface area (Å²) in [4.78, 5) is 13.7. The average Bonchev–Trinajstić information content (AvgIpc) is 2.68. The maximum absolute atomic E-state index is 12.1. The Morgan fingerprint density at radius 3 is 2.61 bits per heavy atom. The van der Waals surface area contributed by atoms with Gasteiger partial charge in [-0.3, -0.25) is 9.48 Å². The summed E-state index contributed by atoms with van der Waals surface area (Å²) in [5, 5.41) is 7.44. The van der Waals surface area contributed by atoms with Crippen molar-refractivity contribution in [1.29, 1.82) is 0 Å². The summed E-state index contributed by atoms with van der Waals surface area (Å²) in [6.07, 6.45) is 2.61. The molecule has 1 aromatic rings. The minimum atomic E-state index is -0.130. The van der Waals surface area contributed by atoms with Gasteiger partial charge in [-0.25, -0.2) is 0 Å². The number of hydrogen-bond acceptors (Lipinski definition) is 3. The van der Waals surface area contributed by atoms with E-state index in [2.05, 4.69) is 24.3 Å². The van der Waals surface area contributed by atoms with Crippen LogP contribution in [-0.4, -0.2) is 40.7 Å². The molecule has 0 spiro atoms. The molecule has 0 aromatic carbocycles. The van der Waals surface area contributed by atoms with Gasteiger partial charge in [0.1, 0.15) is 0 Å². The third kappa shape index (κ3) is 4.14. The molecule has 0 saturated heterocycles. The van der Waals surface area contributed by atoms with Crippen LogP contribution in [0.5, 0.6) is 0 Å². The predicted molar refractivity (Wildman–Crippen MR) is 72.0 cm³/mol. The molecule has 0 fully saturated rings. The van der Waals surface area contributed by atoms with Gasteiger partial charge in [0.2, 0.25) is 5.91 Å². The van der Waals surface area contributed by atoms with E-state index in [0.717, 1.165) is 12.1 Å². The normalized spacial score (nSPS) is 12.8. The van der Waals surface area contributed by atoms with Crippen molar-refractivity contribution >= 4 is 5.91 Å². The van der Waals surface area contributed by atoms with Gasteiger partial charge < -0.3 is 10.2 Å². The quantitative estimate of drug-likeness (QED) is 0.822. The van der Waals surface area contributed by atoms with Gasteiger partial charge in [0, 0.05) is 33.9 Å². The minimum absolute atomic E-state index is 0.130. The second-order valence-electron chi connectivity index (χ2n) is 5.24. The molecule has 5 nitrogen and oxygen atoms in total. The number of carbonyl (C=O) groups is 1. The molecule has 1 rings (SSSR count). The molecule has 1 atom stereocenters. The number of carbonyl (C=O) groups excluding carboxylic acids is 1. The summed E-state index contributed by atoms with van der Waals surface area (Å²) in [7, 11) is 5.49. The molecular weight excluding hydrogens is 228 g/mol. The number of amides is 1. The van der Waals surface area contributed by atoms with Crippen molar-refractivity contribution in [2.45, 2.75) is 32.9 Å². The zero-order valence-electron chi connectivity index (χ0n) is 12.0. The van der Waals surface area contributed by atoms with E-state index < -0.39 is 0 Å². The third-order valence-electron chi connectivity index (χ3n) is 2.90. The lowest BCUT2D eigenvalue weighted by atomic mass is 10.0. The first-order valence-corrected chi connectivity index (χ1v) is 6.33. The van der Waals surface area contributed by atoms with E-state index in [1.807, 2.05) is 17.8 Å². The van der Waals surface area contributed by atoms with Crippen LogP contribution in [-0.2, 0) is 18.4 Å². The first-order valence-electron chi connectivity index (χ1n) is 6.33. The highest BCUT2D eigenvalue weighted by Gasteiger charge is 2.21. The van der Waals surface area contributed by atoms with Crippen molar-refractivity contribution in [3.63, 3.8) is 0 Å². The molecule has 0 aliphatic carbocycles.